The maximum atomic E-state index is 13.1. The zero-order valence-corrected chi connectivity index (χ0v) is 16.1. The molecule has 0 fully saturated rings. The van der Waals surface area contributed by atoms with E-state index in [4.69, 9.17) is 14.9 Å². The fourth-order valence-corrected chi connectivity index (χ4v) is 3.66. The largest absolute Gasteiger partial charge is 0.486 e. The number of hydrogen-bond donors (Lipinski definition) is 1. The van der Waals surface area contributed by atoms with E-state index in [1.165, 1.54) is 10.5 Å². The average Bonchev–Trinajstić information content (AvgIpc) is 2.76. The minimum absolute atomic E-state index is 0.0178. The number of para-hydroxylation sites is 2. The molecule has 0 amide bonds. The number of ether oxygens (including phenoxy) is 2. The van der Waals surface area contributed by atoms with Crippen LogP contribution in [0, 0.1) is 23.7 Å². The number of rotatable bonds is 2. The molecule has 148 valence electrons. The van der Waals surface area contributed by atoms with Crippen molar-refractivity contribution in [2.24, 2.45) is 0 Å². The van der Waals surface area contributed by atoms with Crippen LogP contribution in [0.3, 0.4) is 0 Å². The smallest absolute Gasteiger partial charge is 0.267 e. The molecule has 5 rings (SSSR count). The van der Waals surface area contributed by atoms with Crippen LogP contribution in [0.4, 0.5) is 0 Å². The highest BCUT2D eigenvalue weighted by Crippen LogP contribution is 2.31. The Labute approximate surface area is 170 Å². The highest BCUT2D eigenvalue weighted by atomic mass is 16.6. The van der Waals surface area contributed by atoms with E-state index in [-0.39, 0.29) is 35.1 Å². The SMILES string of the molecule is Cc1ccc2nc3c(cc(C#N)c(=N)n3CC3COc4ccccc4O3)c(=O)n2c1. The van der Waals surface area contributed by atoms with Gasteiger partial charge in [0.25, 0.3) is 5.56 Å². The number of aromatic nitrogens is 3. The second-order valence-electron chi connectivity index (χ2n) is 7.22. The van der Waals surface area contributed by atoms with E-state index >= 15 is 0 Å². The Hall–Kier alpha value is -4.12. The van der Waals surface area contributed by atoms with E-state index in [2.05, 4.69) is 4.98 Å². The fourth-order valence-electron chi connectivity index (χ4n) is 3.66. The van der Waals surface area contributed by atoms with Crippen molar-refractivity contribution in [1.82, 2.24) is 14.0 Å². The average molecular weight is 399 g/mol. The van der Waals surface area contributed by atoms with Gasteiger partial charge in [0.15, 0.2) is 17.6 Å². The standard InChI is InChI=1S/C22H17N5O3/c1-13-6-7-19-25-21-16(22(28)26(19)10-13)8-14(9-23)20(24)27(21)11-15-12-29-17-4-2-3-5-18(17)30-15/h2-8,10,15,24H,11-12H2,1H3. The van der Waals surface area contributed by atoms with Crippen molar-refractivity contribution in [3.63, 3.8) is 0 Å². The summed E-state index contributed by atoms with van der Waals surface area (Å²) in [6, 6.07) is 14.5. The van der Waals surface area contributed by atoms with Crippen molar-refractivity contribution in [1.29, 1.82) is 10.7 Å². The summed E-state index contributed by atoms with van der Waals surface area (Å²) in [5.74, 6) is 1.29. The molecule has 3 aromatic heterocycles. The molecule has 0 radical (unpaired) electrons. The molecular weight excluding hydrogens is 382 g/mol. The number of fused-ring (bicyclic) bond motifs is 3. The maximum Gasteiger partial charge on any atom is 0.267 e. The molecule has 1 unspecified atom stereocenters. The molecule has 1 aromatic carbocycles. The summed E-state index contributed by atoms with van der Waals surface area (Å²) in [4.78, 5) is 17.7. The van der Waals surface area contributed by atoms with E-state index in [9.17, 15) is 10.1 Å². The highest BCUT2D eigenvalue weighted by molar-refractivity contribution is 5.77. The summed E-state index contributed by atoms with van der Waals surface area (Å²) >= 11 is 0. The van der Waals surface area contributed by atoms with E-state index < -0.39 is 6.10 Å². The van der Waals surface area contributed by atoms with Gasteiger partial charge >= 0.3 is 0 Å². The van der Waals surface area contributed by atoms with E-state index in [0.29, 0.717) is 22.8 Å². The van der Waals surface area contributed by atoms with Crippen LogP contribution in [0.15, 0.2) is 53.5 Å². The van der Waals surface area contributed by atoms with Crippen molar-refractivity contribution in [2.75, 3.05) is 6.61 Å². The van der Waals surface area contributed by atoms with Gasteiger partial charge in [-0.15, -0.1) is 0 Å². The minimum Gasteiger partial charge on any atom is -0.486 e. The minimum atomic E-state index is -0.399. The molecule has 1 aliphatic heterocycles. The zero-order valence-electron chi connectivity index (χ0n) is 16.1. The Balaban J connectivity index is 1.69. The predicted molar refractivity (Wildman–Crippen MR) is 109 cm³/mol. The summed E-state index contributed by atoms with van der Waals surface area (Å²) in [5, 5.41) is 18.3. The van der Waals surface area contributed by atoms with Gasteiger partial charge in [-0.1, -0.05) is 18.2 Å². The lowest BCUT2D eigenvalue weighted by Crippen LogP contribution is -2.38. The van der Waals surface area contributed by atoms with Crippen LogP contribution >= 0.6 is 0 Å². The lowest BCUT2D eigenvalue weighted by Gasteiger charge is -2.27. The topological polar surface area (TPSA) is 105 Å². The van der Waals surface area contributed by atoms with Gasteiger partial charge in [0, 0.05) is 6.20 Å². The van der Waals surface area contributed by atoms with Crippen molar-refractivity contribution in [3.8, 4) is 17.6 Å². The monoisotopic (exact) mass is 399 g/mol. The molecule has 0 bridgehead atoms. The number of aryl methyl sites for hydroxylation is 1. The van der Waals surface area contributed by atoms with Crippen molar-refractivity contribution in [3.05, 3.63) is 75.6 Å². The predicted octanol–water partition coefficient (Wildman–Crippen LogP) is 2.15. The summed E-state index contributed by atoms with van der Waals surface area (Å²) in [6.07, 6.45) is 1.31. The first-order chi connectivity index (χ1) is 14.5. The highest BCUT2D eigenvalue weighted by Gasteiger charge is 2.23. The Bertz CT molecular complexity index is 1480. The first-order valence-electron chi connectivity index (χ1n) is 9.45. The van der Waals surface area contributed by atoms with E-state index in [1.54, 1.807) is 16.8 Å². The van der Waals surface area contributed by atoms with Crippen LogP contribution in [0.2, 0.25) is 0 Å². The molecule has 0 spiro atoms. The van der Waals surface area contributed by atoms with Gasteiger partial charge in [-0.25, -0.2) is 4.98 Å². The first-order valence-corrected chi connectivity index (χ1v) is 9.45. The van der Waals surface area contributed by atoms with E-state index in [1.807, 2.05) is 43.3 Å². The third kappa shape index (κ3) is 2.79. The van der Waals surface area contributed by atoms with Gasteiger partial charge in [-0.05, 0) is 36.8 Å². The Morgan fingerprint density at radius 3 is 2.87 bits per heavy atom. The second-order valence-corrected chi connectivity index (χ2v) is 7.22. The lowest BCUT2D eigenvalue weighted by molar-refractivity contribution is 0.0783. The second kappa shape index (κ2) is 6.74. The molecule has 0 saturated heterocycles. The van der Waals surface area contributed by atoms with Crippen LogP contribution in [-0.4, -0.2) is 26.7 Å². The molecule has 1 atom stereocenters. The Morgan fingerprint density at radius 2 is 2.07 bits per heavy atom. The molecule has 30 heavy (non-hydrogen) atoms. The molecule has 4 aromatic rings. The Kier molecular flexibility index (Phi) is 4.03. The van der Waals surface area contributed by atoms with Crippen molar-refractivity contribution >= 4 is 16.7 Å². The molecule has 4 heterocycles. The number of nitrogens with zero attached hydrogens (tertiary/aromatic N) is 4. The zero-order chi connectivity index (χ0) is 20.8. The quantitative estimate of drug-likeness (QED) is 0.520. The van der Waals surface area contributed by atoms with Gasteiger partial charge in [-0.2, -0.15) is 5.26 Å². The van der Waals surface area contributed by atoms with Crippen molar-refractivity contribution in [2.45, 2.75) is 19.6 Å². The number of benzene rings is 1. The Morgan fingerprint density at radius 1 is 1.27 bits per heavy atom. The van der Waals surface area contributed by atoms with Gasteiger partial charge < -0.3 is 14.0 Å². The summed E-state index contributed by atoms with van der Waals surface area (Å²) in [7, 11) is 0. The summed E-state index contributed by atoms with van der Waals surface area (Å²) in [5.41, 5.74) is 1.54. The molecular formula is C22H17N5O3. The van der Waals surface area contributed by atoms with E-state index in [0.717, 1.165) is 5.56 Å². The third-order valence-electron chi connectivity index (χ3n) is 5.13. The van der Waals surface area contributed by atoms with Gasteiger partial charge in [0.1, 0.15) is 29.5 Å². The normalized spacial score (nSPS) is 15.3. The summed E-state index contributed by atoms with van der Waals surface area (Å²) in [6.45, 7) is 2.39. The van der Waals surface area contributed by atoms with Gasteiger partial charge in [0.05, 0.1) is 17.5 Å². The van der Waals surface area contributed by atoms with Gasteiger partial charge in [0.2, 0.25) is 0 Å². The van der Waals surface area contributed by atoms with Crippen LogP contribution in [0.1, 0.15) is 11.1 Å². The molecule has 0 saturated carbocycles. The van der Waals surface area contributed by atoms with Crippen LogP contribution in [0.5, 0.6) is 11.5 Å². The molecule has 0 aliphatic carbocycles. The number of pyridine rings is 2. The maximum absolute atomic E-state index is 13.1. The van der Waals surface area contributed by atoms with Crippen LogP contribution in [0.25, 0.3) is 16.7 Å². The summed E-state index contributed by atoms with van der Waals surface area (Å²) < 4.78 is 14.8. The third-order valence-corrected chi connectivity index (χ3v) is 5.13. The molecule has 8 heteroatoms. The molecule has 1 N–H and O–H groups in total. The van der Waals surface area contributed by atoms with Gasteiger partial charge in [-0.3, -0.25) is 14.6 Å². The molecule has 1 aliphatic rings. The van der Waals surface area contributed by atoms with Crippen LogP contribution in [-0.2, 0) is 6.54 Å². The van der Waals surface area contributed by atoms with Crippen LogP contribution < -0.4 is 20.5 Å². The number of nitriles is 1. The molecule has 8 nitrogen and oxygen atoms in total. The first kappa shape index (κ1) is 17.9. The number of nitrogens with one attached hydrogen (secondary N) is 1. The fraction of sp³-hybridized carbons (Fsp3) is 0.182. The number of hydrogen-bond acceptors (Lipinski definition) is 6. The lowest BCUT2D eigenvalue weighted by atomic mass is 10.2. The van der Waals surface area contributed by atoms with Crippen molar-refractivity contribution < 1.29 is 9.47 Å².